The number of amides is 1. The fourth-order valence-corrected chi connectivity index (χ4v) is 3.78. The van der Waals surface area contributed by atoms with Crippen LogP contribution >= 0.6 is 11.3 Å². The molecule has 32 heavy (non-hydrogen) atoms. The molecule has 1 aromatic rings. The minimum Gasteiger partial charge on any atom is -0.461 e. The summed E-state index contributed by atoms with van der Waals surface area (Å²) in [4.78, 5) is 34.9. The van der Waals surface area contributed by atoms with Gasteiger partial charge in [0.25, 0.3) is 0 Å². The van der Waals surface area contributed by atoms with Gasteiger partial charge in [0.2, 0.25) is 0 Å². The van der Waals surface area contributed by atoms with Crippen molar-refractivity contribution in [2.45, 2.75) is 98.3 Å². The molecule has 0 aliphatic carbocycles. The van der Waals surface area contributed by atoms with Gasteiger partial charge < -0.3 is 14.6 Å². The highest BCUT2D eigenvalue weighted by Crippen LogP contribution is 2.29. The predicted octanol–water partition coefficient (Wildman–Crippen LogP) is 5.52. The number of nitrogens with zero attached hydrogens (tertiary/aromatic N) is 2. The van der Waals surface area contributed by atoms with Crippen LogP contribution in [0.2, 0.25) is 0 Å². The fourth-order valence-electron chi connectivity index (χ4n) is 2.99. The van der Waals surface area contributed by atoms with E-state index in [9.17, 15) is 14.7 Å². The van der Waals surface area contributed by atoms with E-state index in [4.69, 9.17) is 14.3 Å². The van der Waals surface area contributed by atoms with E-state index in [0.717, 1.165) is 25.7 Å². The molecule has 0 aliphatic rings. The van der Waals surface area contributed by atoms with Crippen LogP contribution in [0.15, 0.2) is 5.38 Å². The number of hydroxylamine groups is 2. The van der Waals surface area contributed by atoms with Crippen molar-refractivity contribution in [3.63, 3.8) is 0 Å². The van der Waals surface area contributed by atoms with Gasteiger partial charge in [0.05, 0.1) is 19.3 Å². The van der Waals surface area contributed by atoms with Gasteiger partial charge in [0.1, 0.15) is 16.7 Å². The molecule has 0 radical (unpaired) electrons. The lowest BCUT2D eigenvalue weighted by Crippen LogP contribution is -2.46. The van der Waals surface area contributed by atoms with Crippen LogP contribution in [0.4, 0.5) is 4.79 Å². The third kappa shape index (κ3) is 9.83. The molecule has 184 valence electrons. The number of aliphatic hydroxyl groups is 1. The second-order valence-electron chi connectivity index (χ2n) is 9.05. The molecule has 0 aromatic carbocycles. The Balaban J connectivity index is 2.97. The fraction of sp³-hybridized carbons (Fsp3) is 0.783. The average Bonchev–Trinajstić information content (AvgIpc) is 3.18. The lowest BCUT2D eigenvalue weighted by Gasteiger charge is -2.35. The van der Waals surface area contributed by atoms with Crippen LogP contribution in [0.1, 0.15) is 102 Å². The van der Waals surface area contributed by atoms with Crippen LogP contribution in [0.3, 0.4) is 0 Å². The first-order valence-electron chi connectivity index (χ1n) is 11.5. The SMILES string of the molecule is CCCCCCON(C(=O)OC(C)(C)C)[C@H](C[C@@H](O)c1nc(C(=O)OCC)cs1)C(C)C. The van der Waals surface area contributed by atoms with Gasteiger partial charge in [-0.3, -0.25) is 4.84 Å². The van der Waals surface area contributed by atoms with Crippen molar-refractivity contribution in [1.82, 2.24) is 10.0 Å². The number of carbonyl (C=O) groups is 2. The zero-order valence-corrected chi connectivity index (χ0v) is 21.4. The number of rotatable bonds is 13. The molecule has 1 heterocycles. The smallest absolute Gasteiger partial charge is 0.434 e. The molecular weight excluding hydrogens is 432 g/mol. The lowest BCUT2D eigenvalue weighted by molar-refractivity contribution is -0.184. The van der Waals surface area contributed by atoms with Crippen molar-refractivity contribution < 1.29 is 29.0 Å². The van der Waals surface area contributed by atoms with E-state index in [2.05, 4.69) is 11.9 Å². The number of esters is 1. The first kappa shape index (κ1) is 28.3. The molecule has 9 heteroatoms. The van der Waals surface area contributed by atoms with Crippen LogP contribution in [0.25, 0.3) is 0 Å². The molecule has 1 amide bonds. The van der Waals surface area contributed by atoms with Crippen molar-refractivity contribution in [1.29, 1.82) is 0 Å². The quantitative estimate of drug-likeness (QED) is 0.229. The Kier molecular flexibility index (Phi) is 12.2. The van der Waals surface area contributed by atoms with Crippen molar-refractivity contribution in [3.05, 3.63) is 16.1 Å². The van der Waals surface area contributed by atoms with Crippen LogP contribution < -0.4 is 0 Å². The molecule has 0 bridgehead atoms. The summed E-state index contributed by atoms with van der Waals surface area (Å²) >= 11 is 1.19. The molecule has 0 fully saturated rings. The van der Waals surface area contributed by atoms with Crippen molar-refractivity contribution in [3.8, 4) is 0 Å². The second kappa shape index (κ2) is 13.7. The Morgan fingerprint density at radius 1 is 1.19 bits per heavy atom. The Morgan fingerprint density at radius 3 is 2.44 bits per heavy atom. The van der Waals surface area contributed by atoms with Crippen molar-refractivity contribution in [2.75, 3.05) is 13.2 Å². The molecule has 0 saturated heterocycles. The highest BCUT2D eigenvalue weighted by Gasteiger charge is 2.34. The molecule has 0 unspecified atom stereocenters. The zero-order valence-electron chi connectivity index (χ0n) is 20.6. The molecule has 1 aromatic heterocycles. The minimum atomic E-state index is -0.968. The highest BCUT2D eigenvalue weighted by atomic mass is 32.1. The molecule has 0 aliphatic heterocycles. The van der Waals surface area contributed by atoms with Crippen molar-refractivity contribution in [2.24, 2.45) is 5.92 Å². The summed E-state index contributed by atoms with van der Waals surface area (Å²) < 4.78 is 10.5. The summed E-state index contributed by atoms with van der Waals surface area (Å²) in [6.45, 7) is 13.8. The number of hydrogen-bond acceptors (Lipinski definition) is 8. The zero-order chi connectivity index (χ0) is 24.3. The normalized spacial score (nSPS) is 13.7. The van der Waals surface area contributed by atoms with Gasteiger partial charge in [0, 0.05) is 11.8 Å². The predicted molar refractivity (Wildman–Crippen MR) is 124 cm³/mol. The minimum absolute atomic E-state index is 0.0164. The molecule has 0 spiro atoms. The van der Waals surface area contributed by atoms with E-state index in [0.29, 0.717) is 11.6 Å². The van der Waals surface area contributed by atoms with Gasteiger partial charge in [-0.2, -0.15) is 5.06 Å². The number of aliphatic hydroxyl groups excluding tert-OH is 1. The standard InChI is InChI=1S/C23H40N2O6S/c1-8-10-11-12-13-30-25(22(28)31-23(5,6)7)18(16(3)4)14-19(26)20-24-17(15-32-20)21(27)29-9-2/h15-16,18-19,26H,8-14H2,1-7H3/t18-,19-/m1/s1. The Hall–Kier alpha value is -1.71. The molecule has 0 saturated carbocycles. The van der Waals surface area contributed by atoms with Gasteiger partial charge in [-0.1, -0.05) is 40.0 Å². The maximum atomic E-state index is 12.9. The number of aromatic nitrogens is 1. The average molecular weight is 473 g/mol. The second-order valence-corrected chi connectivity index (χ2v) is 9.94. The van der Waals surface area contributed by atoms with E-state index < -0.39 is 29.8 Å². The maximum Gasteiger partial charge on any atom is 0.434 e. The first-order valence-corrected chi connectivity index (χ1v) is 12.3. The van der Waals surface area contributed by atoms with Gasteiger partial charge in [-0.05, 0) is 40.0 Å². The summed E-state index contributed by atoms with van der Waals surface area (Å²) in [5, 5.41) is 14.1. The van der Waals surface area contributed by atoms with Gasteiger partial charge >= 0.3 is 12.1 Å². The van der Waals surface area contributed by atoms with Gasteiger partial charge in [-0.15, -0.1) is 11.3 Å². The Morgan fingerprint density at radius 2 is 1.88 bits per heavy atom. The molecule has 8 nitrogen and oxygen atoms in total. The van der Waals surface area contributed by atoms with Crippen LogP contribution in [0.5, 0.6) is 0 Å². The van der Waals surface area contributed by atoms with Gasteiger partial charge in [0.15, 0.2) is 5.69 Å². The summed E-state index contributed by atoms with van der Waals surface area (Å²) in [6, 6.07) is -0.444. The Labute approximate surface area is 196 Å². The molecule has 1 rings (SSSR count). The lowest BCUT2D eigenvalue weighted by atomic mass is 9.98. The highest BCUT2D eigenvalue weighted by molar-refractivity contribution is 7.09. The van der Waals surface area contributed by atoms with E-state index in [1.807, 2.05) is 13.8 Å². The number of thiazole rings is 1. The molecular formula is C23H40N2O6S. The monoisotopic (exact) mass is 472 g/mol. The number of ether oxygens (including phenoxy) is 2. The third-order valence-corrected chi connectivity index (χ3v) is 5.57. The summed E-state index contributed by atoms with van der Waals surface area (Å²) in [6.07, 6.45) is 2.71. The number of hydrogen-bond donors (Lipinski definition) is 1. The largest absolute Gasteiger partial charge is 0.461 e. The van der Waals surface area contributed by atoms with Crippen molar-refractivity contribution >= 4 is 23.4 Å². The maximum absolute atomic E-state index is 12.9. The third-order valence-electron chi connectivity index (χ3n) is 4.63. The molecule has 1 N–H and O–H groups in total. The van der Waals surface area contributed by atoms with E-state index in [1.54, 1.807) is 33.1 Å². The van der Waals surface area contributed by atoms with E-state index in [-0.39, 0.29) is 24.6 Å². The van der Waals surface area contributed by atoms with Crippen LogP contribution in [0, 0.1) is 5.92 Å². The molecule has 2 atom stereocenters. The topological polar surface area (TPSA) is 98.2 Å². The number of unbranched alkanes of at least 4 members (excludes halogenated alkanes) is 3. The van der Waals surface area contributed by atoms with Crippen LogP contribution in [-0.4, -0.2) is 52.1 Å². The van der Waals surface area contributed by atoms with Gasteiger partial charge in [-0.25, -0.2) is 14.6 Å². The van der Waals surface area contributed by atoms with E-state index in [1.165, 1.54) is 16.4 Å². The van der Waals surface area contributed by atoms with Crippen LogP contribution in [-0.2, 0) is 14.3 Å². The summed E-state index contributed by atoms with van der Waals surface area (Å²) in [5.41, 5.74) is -0.506. The first-order chi connectivity index (χ1) is 15.0. The summed E-state index contributed by atoms with van der Waals surface area (Å²) in [5.74, 6) is -0.536. The Bertz CT molecular complexity index is 701. The summed E-state index contributed by atoms with van der Waals surface area (Å²) in [7, 11) is 0. The van der Waals surface area contributed by atoms with E-state index >= 15 is 0 Å². The number of carbonyl (C=O) groups excluding carboxylic acids is 2.